The van der Waals surface area contributed by atoms with Gasteiger partial charge in [-0.1, -0.05) is 20.8 Å². The number of carbonyl (C=O) groups is 2. The number of ether oxygens (including phenoxy) is 1. The van der Waals surface area contributed by atoms with Crippen molar-refractivity contribution in [2.75, 3.05) is 32.8 Å². The van der Waals surface area contributed by atoms with E-state index in [1.165, 1.54) is 0 Å². The van der Waals surface area contributed by atoms with Crippen LogP contribution in [0.1, 0.15) is 27.2 Å². The Hall–Kier alpha value is -1.10. The Balaban J connectivity index is 1.88. The predicted octanol–water partition coefficient (Wildman–Crippen LogP) is 0.492. The van der Waals surface area contributed by atoms with E-state index in [1.807, 2.05) is 25.7 Å². The van der Waals surface area contributed by atoms with E-state index in [9.17, 15) is 9.59 Å². The molecule has 2 fully saturated rings. The zero-order valence-corrected chi connectivity index (χ0v) is 11.4. The van der Waals surface area contributed by atoms with Crippen molar-refractivity contribution in [1.29, 1.82) is 0 Å². The van der Waals surface area contributed by atoms with Crippen molar-refractivity contribution in [3.05, 3.63) is 0 Å². The van der Waals surface area contributed by atoms with Gasteiger partial charge in [-0.3, -0.25) is 14.5 Å². The number of hydrogen-bond acceptors (Lipinski definition) is 4. The van der Waals surface area contributed by atoms with Gasteiger partial charge in [0.05, 0.1) is 6.61 Å². The number of piperazine rings is 1. The van der Waals surface area contributed by atoms with E-state index in [1.54, 1.807) is 0 Å². The first-order valence-electron chi connectivity index (χ1n) is 6.59. The van der Waals surface area contributed by atoms with Crippen molar-refractivity contribution >= 4 is 11.9 Å². The Labute approximate surface area is 108 Å². The molecule has 0 spiro atoms. The molecule has 2 heterocycles. The Morgan fingerprint density at radius 3 is 2.28 bits per heavy atom. The minimum atomic E-state index is -0.325. The van der Waals surface area contributed by atoms with Crippen LogP contribution in [-0.2, 0) is 14.3 Å². The van der Waals surface area contributed by atoms with E-state index in [0.29, 0.717) is 19.7 Å². The van der Waals surface area contributed by atoms with Gasteiger partial charge < -0.3 is 9.64 Å². The highest BCUT2D eigenvalue weighted by Crippen LogP contribution is 2.21. The summed E-state index contributed by atoms with van der Waals surface area (Å²) in [6.45, 7) is 9.30. The number of amides is 1. The van der Waals surface area contributed by atoms with E-state index in [4.69, 9.17) is 4.74 Å². The maximum absolute atomic E-state index is 12.1. The molecular weight excluding hydrogens is 232 g/mol. The fourth-order valence-electron chi connectivity index (χ4n) is 2.53. The number of hydrogen-bond donors (Lipinski definition) is 0. The third-order valence-electron chi connectivity index (χ3n) is 3.59. The average molecular weight is 254 g/mol. The molecule has 1 amide bonds. The lowest BCUT2D eigenvalue weighted by molar-refractivity contribution is -0.145. The molecule has 2 rings (SSSR count). The quantitative estimate of drug-likeness (QED) is 0.639. The largest absolute Gasteiger partial charge is 0.464 e. The molecule has 2 saturated heterocycles. The molecule has 0 saturated carbocycles. The molecule has 102 valence electrons. The highest BCUT2D eigenvalue weighted by molar-refractivity contribution is 5.81. The average Bonchev–Trinajstić information content (AvgIpc) is 2.73. The lowest BCUT2D eigenvalue weighted by Gasteiger charge is -2.39. The first-order chi connectivity index (χ1) is 8.39. The predicted molar refractivity (Wildman–Crippen MR) is 67.0 cm³/mol. The van der Waals surface area contributed by atoms with E-state index in [-0.39, 0.29) is 23.3 Å². The van der Waals surface area contributed by atoms with Gasteiger partial charge >= 0.3 is 5.97 Å². The van der Waals surface area contributed by atoms with E-state index >= 15 is 0 Å². The molecule has 0 aromatic heterocycles. The van der Waals surface area contributed by atoms with Gasteiger partial charge in [-0.2, -0.15) is 0 Å². The summed E-state index contributed by atoms with van der Waals surface area (Å²) < 4.78 is 4.99. The second-order valence-corrected chi connectivity index (χ2v) is 6.05. The van der Waals surface area contributed by atoms with Gasteiger partial charge in [0.1, 0.15) is 6.04 Å². The number of esters is 1. The summed E-state index contributed by atoms with van der Waals surface area (Å²) in [6.07, 6.45) is 0.784. The van der Waals surface area contributed by atoms with Gasteiger partial charge in [-0.15, -0.1) is 0 Å². The van der Waals surface area contributed by atoms with Crippen LogP contribution in [0.3, 0.4) is 0 Å². The van der Waals surface area contributed by atoms with Gasteiger partial charge in [0.2, 0.25) is 5.91 Å². The maximum atomic E-state index is 12.1. The summed E-state index contributed by atoms with van der Waals surface area (Å²) in [6, 6.07) is -0.0862. The van der Waals surface area contributed by atoms with Crippen molar-refractivity contribution in [2.24, 2.45) is 5.41 Å². The van der Waals surface area contributed by atoms with Crippen LogP contribution in [0.15, 0.2) is 0 Å². The van der Waals surface area contributed by atoms with Gasteiger partial charge in [-0.05, 0) is 0 Å². The first-order valence-corrected chi connectivity index (χ1v) is 6.59. The van der Waals surface area contributed by atoms with Crippen molar-refractivity contribution in [3.63, 3.8) is 0 Å². The van der Waals surface area contributed by atoms with Crippen LogP contribution in [0.5, 0.6) is 0 Å². The summed E-state index contributed by atoms with van der Waals surface area (Å²) in [5.41, 5.74) is -0.325. The third-order valence-corrected chi connectivity index (χ3v) is 3.59. The minimum absolute atomic E-state index is 0.0862. The molecule has 5 heteroatoms. The van der Waals surface area contributed by atoms with Crippen LogP contribution in [0.25, 0.3) is 0 Å². The Morgan fingerprint density at radius 2 is 1.83 bits per heavy atom. The van der Waals surface area contributed by atoms with Crippen molar-refractivity contribution in [3.8, 4) is 0 Å². The molecule has 5 nitrogen and oxygen atoms in total. The van der Waals surface area contributed by atoms with E-state index in [0.717, 1.165) is 19.5 Å². The molecule has 2 aliphatic heterocycles. The van der Waals surface area contributed by atoms with Gasteiger partial charge in [-0.25, -0.2) is 0 Å². The fourth-order valence-corrected chi connectivity index (χ4v) is 2.53. The minimum Gasteiger partial charge on any atom is -0.464 e. The van der Waals surface area contributed by atoms with E-state index < -0.39 is 0 Å². The lowest BCUT2D eigenvalue weighted by atomic mass is 9.94. The standard InChI is InChI=1S/C13H22N2O3/c1-13(2,3)12(17)15-7-5-14(6-8-15)10-4-9-18-11(10)16/h10H,4-9H2,1-3H3. The molecule has 0 N–H and O–H groups in total. The van der Waals surface area contributed by atoms with Crippen LogP contribution >= 0.6 is 0 Å². The number of cyclic esters (lactones) is 1. The molecular formula is C13H22N2O3. The van der Waals surface area contributed by atoms with E-state index in [2.05, 4.69) is 4.90 Å². The lowest BCUT2D eigenvalue weighted by Crippen LogP contribution is -2.54. The molecule has 2 aliphatic rings. The van der Waals surface area contributed by atoms with Crippen LogP contribution in [-0.4, -0.2) is 60.5 Å². The highest BCUT2D eigenvalue weighted by Gasteiger charge is 2.36. The summed E-state index contributed by atoms with van der Waals surface area (Å²) in [7, 11) is 0. The summed E-state index contributed by atoms with van der Waals surface area (Å²) in [5, 5.41) is 0. The summed E-state index contributed by atoms with van der Waals surface area (Å²) in [4.78, 5) is 27.7. The summed E-state index contributed by atoms with van der Waals surface area (Å²) in [5.74, 6) is 0.0850. The second-order valence-electron chi connectivity index (χ2n) is 6.05. The number of carbonyl (C=O) groups excluding carboxylic acids is 2. The first kappa shape index (κ1) is 13.3. The second kappa shape index (κ2) is 4.88. The number of nitrogens with zero attached hydrogens (tertiary/aromatic N) is 2. The molecule has 0 aromatic rings. The Morgan fingerprint density at radius 1 is 1.22 bits per heavy atom. The van der Waals surface area contributed by atoms with Gasteiger partial charge in [0.15, 0.2) is 0 Å². The Bertz CT molecular complexity index is 341. The summed E-state index contributed by atoms with van der Waals surface area (Å²) >= 11 is 0. The van der Waals surface area contributed by atoms with Crippen LogP contribution in [0.2, 0.25) is 0 Å². The molecule has 1 unspecified atom stereocenters. The monoisotopic (exact) mass is 254 g/mol. The Kier molecular flexibility index (Phi) is 3.61. The van der Waals surface area contributed by atoms with Crippen molar-refractivity contribution in [2.45, 2.75) is 33.2 Å². The normalized spacial score (nSPS) is 26.3. The molecule has 0 aliphatic carbocycles. The molecule has 0 bridgehead atoms. The van der Waals surface area contributed by atoms with Crippen LogP contribution < -0.4 is 0 Å². The zero-order valence-electron chi connectivity index (χ0n) is 11.4. The van der Waals surface area contributed by atoms with Crippen molar-refractivity contribution in [1.82, 2.24) is 9.80 Å². The molecule has 18 heavy (non-hydrogen) atoms. The van der Waals surface area contributed by atoms with Crippen molar-refractivity contribution < 1.29 is 14.3 Å². The SMILES string of the molecule is CC(C)(C)C(=O)N1CCN(C2CCOC2=O)CC1. The molecule has 1 atom stereocenters. The molecule has 0 aromatic carbocycles. The van der Waals surface area contributed by atoms with Crippen LogP contribution in [0, 0.1) is 5.41 Å². The highest BCUT2D eigenvalue weighted by atomic mass is 16.5. The third kappa shape index (κ3) is 2.66. The molecule has 0 radical (unpaired) electrons. The smallest absolute Gasteiger partial charge is 0.323 e. The zero-order chi connectivity index (χ0) is 13.3. The fraction of sp³-hybridized carbons (Fsp3) is 0.846. The van der Waals surface area contributed by atoms with Gasteiger partial charge in [0, 0.05) is 38.0 Å². The van der Waals surface area contributed by atoms with Crippen LogP contribution in [0.4, 0.5) is 0 Å². The maximum Gasteiger partial charge on any atom is 0.323 e. The topological polar surface area (TPSA) is 49.9 Å². The number of rotatable bonds is 1. The van der Waals surface area contributed by atoms with Gasteiger partial charge in [0.25, 0.3) is 0 Å².